The average Bonchev–Trinajstić information content (AvgIpc) is 2.86. The van der Waals surface area contributed by atoms with Crippen molar-refractivity contribution in [2.75, 3.05) is 6.54 Å². The number of fused-ring (bicyclic) bond motifs is 1. The first-order chi connectivity index (χ1) is 9.55. The molecule has 0 spiro atoms. The zero-order valence-electron chi connectivity index (χ0n) is 12.6. The number of aromatic nitrogens is 3. The molecule has 3 N–H and O–H groups in total. The van der Waals surface area contributed by atoms with Gasteiger partial charge in [-0.2, -0.15) is 0 Å². The topological polar surface area (TPSA) is 85.8 Å². The van der Waals surface area contributed by atoms with Gasteiger partial charge in [0.1, 0.15) is 5.52 Å². The molecule has 0 atom stereocenters. The first-order valence-corrected chi connectivity index (χ1v) is 6.87. The number of hydrogen-bond acceptors (Lipinski definition) is 4. The Morgan fingerprint density at radius 2 is 2.05 bits per heavy atom. The Labute approximate surface area is 130 Å². The highest BCUT2D eigenvalue weighted by atomic mass is 35.5. The number of carbonyl (C=O) groups excluding carboxylic acids is 1. The number of nitrogens with two attached hydrogens (primary N) is 1. The van der Waals surface area contributed by atoms with E-state index in [-0.39, 0.29) is 23.9 Å². The van der Waals surface area contributed by atoms with Crippen LogP contribution in [-0.2, 0) is 7.05 Å². The van der Waals surface area contributed by atoms with E-state index in [9.17, 15) is 4.79 Å². The van der Waals surface area contributed by atoms with Crippen LogP contribution in [-0.4, -0.2) is 33.0 Å². The largest absolute Gasteiger partial charge is 0.345 e. The number of benzene rings is 1. The van der Waals surface area contributed by atoms with Crippen LogP contribution < -0.4 is 11.1 Å². The number of nitrogens with zero attached hydrogens (tertiary/aromatic N) is 3. The van der Waals surface area contributed by atoms with Gasteiger partial charge in [0.15, 0.2) is 0 Å². The zero-order valence-corrected chi connectivity index (χ0v) is 13.4. The van der Waals surface area contributed by atoms with E-state index >= 15 is 0 Å². The summed E-state index contributed by atoms with van der Waals surface area (Å²) >= 11 is 0. The van der Waals surface area contributed by atoms with Crippen molar-refractivity contribution < 1.29 is 4.79 Å². The third-order valence-corrected chi connectivity index (χ3v) is 4.00. The highest BCUT2D eigenvalue weighted by Gasteiger charge is 2.26. The molecular weight excluding hydrogens is 290 g/mol. The average molecular weight is 312 g/mol. The summed E-state index contributed by atoms with van der Waals surface area (Å²) in [6.45, 7) is 4.49. The van der Waals surface area contributed by atoms with E-state index in [1.165, 1.54) is 0 Å². The van der Waals surface area contributed by atoms with E-state index < -0.39 is 0 Å². The fourth-order valence-corrected chi connectivity index (χ4v) is 2.26. The van der Waals surface area contributed by atoms with Crippen LogP contribution in [0.3, 0.4) is 0 Å². The highest BCUT2D eigenvalue weighted by molar-refractivity contribution is 5.97. The maximum Gasteiger partial charge on any atom is 0.251 e. The predicted molar refractivity (Wildman–Crippen MR) is 85.6 cm³/mol. The van der Waals surface area contributed by atoms with Crippen molar-refractivity contribution in [3.05, 3.63) is 23.8 Å². The maximum atomic E-state index is 12.4. The van der Waals surface area contributed by atoms with Crippen molar-refractivity contribution in [3.63, 3.8) is 0 Å². The summed E-state index contributed by atoms with van der Waals surface area (Å²) in [5.74, 6) is -0.119. The van der Waals surface area contributed by atoms with Gasteiger partial charge in [0.2, 0.25) is 0 Å². The molecule has 6 nitrogen and oxygen atoms in total. The Hall–Kier alpha value is -1.66. The SMILES string of the molecule is CCC(CC)(CN)NC(=O)c1ccc2c(c1)nnn2C.Cl. The van der Waals surface area contributed by atoms with E-state index in [0.717, 1.165) is 18.4 Å². The Balaban J connectivity index is 0.00000220. The van der Waals surface area contributed by atoms with E-state index in [4.69, 9.17) is 5.73 Å². The van der Waals surface area contributed by atoms with Crippen LogP contribution in [0, 0.1) is 0 Å². The molecule has 0 unspecified atom stereocenters. The van der Waals surface area contributed by atoms with Crippen LogP contribution in [0.4, 0.5) is 0 Å². The fraction of sp³-hybridized carbons (Fsp3) is 0.500. The van der Waals surface area contributed by atoms with Crippen LogP contribution in [0.1, 0.15) is 37.0 Å². The molecule has 116 valence electrons. The summed E-state index contributed by atoms with van der Waals surface area (Å²) in [6.07, 6.45) is 1.61. The molecule has 1 aromatic carbocycles. The Morgan fingerprint density at radius 1 is 1.38 bits per heavy atom. The summed E-state index contributed by atoms with van der Waals surface area (Å²) in [7, 11) is 1.82. The zero-order chi connectivity index (χ0) is 14.8. The van der Waals surface area contributed by atoms with Gasteiger partial charge in [0, 0.05) is 19.2 Å². The van der Waals surface area contributed by atoms with E-state index in [1.54, 1.807) is 16.8 Å². The highest BCUT2D eigenvalue weighted by Crippen LogP contribution is 2.16. The third kappa shape index (κ3) is 3.33. The smallest absolute Gasteiger partial charge is 0.251 e. The lowest BCUT2D eigenvalue weighted by Gasteiger charge is -2.31. The normalized spacial score (nSPS) is 11.2. The molecule has 1 aromatic heterocycles. The minimum absolute atomic E-state index is 0. The minimum Gasteiger partial charge on any atom is -0.345 e. The first-order valence-electron chi connectivity index (χ1n) is 6.87. The van der Waals surface area contributed by atoms with Crippen molar-refractivity contribution in [1.82, 2.24) is 20.3 Å². The maximum absolute atomic E-state index is 12.4. The molecule has 0 radical (unpaired) electrons. The van der Waals surface area contributed by atoms with Crippen molar-refractivity contribution in [1.29, 1.82) is 0 Å². The predicted octanol–water partition coefficient (Wildman–Crippen LogP) is 1.64. The summed E-state index contributed by atoms with van der Waals surface area (Å²) in [5.41, 5.74) is 7.67. The first kappa shape index (κ1) is 17.4. The van der Waals surface area contributed by atoms with Crippen LogP contribution in [0.5, 0.6) is 0 Å². The lowest BCUT2D eigenvalue weighted by molar-refractivity contribution is 0.0895. The van der Waals surface area contributed by atoms with Crippen molar-refractivity contribution >= 4 is 29.3 Å². The number of halogens is 1. The van der Waals surface area contributed by atoms with Crippen LogP contribution >= 0.6 is 12.4 Å². The van der Waals surface area contributed by atoms with E-state index in [2.05, 4.69) is 15.6 Å². The Morgan fingerprint density at radius 3 is 2.62 bits per heavy atom. The molecule has 7 heteroatoms. The van der Waals surface area contributed by atoms with E-state index in [0.29, 0.717) is 17.6 Å². The number of hydrogen-bond donors (Lipinski definition) is 2. The van der Waals surface area contributed by atoms with Crippen LogP contribution in [0.2, 0.25) is 0 Å². The molecule has 0 saturated heterocycles. The third-order valence-electron chi connectivity index (χ3n) is 4.00. The van der Waals surface area contributed by atoms with Gasteiger partial charge in [0.05, 0.1) is 11.1 Å². The van der Waals surface area contributed by atoms with Crippen molar-refractivity contribution in [2.24, 2.45) is 12.8 Å². The summed E-state index contributed by atoms with van der Waals surface area (Å²) in [4.78, 5) is 12.4. The van der Waals surface area contributed by atoms with Crippen LogP contribution in [0.15, 0.2) is 18.2 Å². The molecule has 0 aliphatic rings. The Bertz CT molecular complexity index is 613. The molecular formula is C14H22ClN5O. The second kappa shape index (κ2) is 6.87. The quantitative estimate of drug-likeness (QED) is 0.879. The monoisotopic (exact) mass is 311 g/mol. The van der Waals surface area contributed by atoms with Crippen molar-refractivity contribution in [2.45, 2.75) is 32.2 Å². The number of rotatable bonds is 5. The molecule has 2 rings (SSSR count). The van der Waals surface area contributed by atoms with Gasteiger partial charge in [-0.25, -0.2) is 4.68 Å². The number of carbonyl (C=O) groups is 1. The number of nitrogens with one attached hydrogen (secondary N) is 1. The molecule has 0 aliphatic carbocycles. The van der Waals surface area contributed by atoms with Gasteiger partial charge in [-0.1, -0.05) is 19.1 Å². The van der Waals surface area contributed by atoms with Gasteiger partial charge in [-0.05, 0) is 31.0 Å². The molecule has 1 amide bonds. The molecule has 0 saturated carbocycles. The number of aryl methyl sites for hydroxylation is 1. The second-order valence-corrected chi connectivity index (χ2v) is 5.06. The standard InChI is InChI=1S/C14H21N5O.ClH/c1-4-14(5-2,9-15)16-13(20)10-6-7-12-11(8-10)17-18-19(12)3;/h6-8H,4-5,9,15H2,1-3H3,(H,16,20);1H. The summed E-state index contributed by atoms with van der Waals surface area (Å²) < 4.78 is 1.68. The van der Waals surface area contributed by atoms with Crippen LogP contribution in [0.25, 0.3) is 11.0 Å². The molecule has 2 aromatic rings. The van der Waals surface area contributed by atoms with E-state index in [1.807, 2.05) is 27.0 Å². The fourth-order valence-electron chi connectivity index (χ4n) is 2.26. The van der Waals surface area contributed by atoms with Gasteiger partial charge >= 0.3 is 0 Å². The summed E-state index contributed by atoms with van der Waals surface area (Å²) in [5, 5.41) is 11.0. The lowest BCUT2D eigenvalue weighted by Crippen LogP contribution is -2.52. The second-order valence-electron chi connectivity index (χ2n) is 5.06. The molecule has 21 heavy (non-hydrogen) atoms. The van der Waals surface area contributed by atoms with Crippen molar-refractivity contribution in [3.8, 4) is 0 Å². The van der Waals surface area contributed by atoms with Gasteiger partial charge < -0.3 is 11.1 Å². The molecule has 1 heterocycles. The molecule has 0 fully saturated rings. The summed E-state index contributed by atoms with van der Waals surface area (Å²) in [6, 6.07) is 5.39. The Kier molecular flexibility index (Phi) is 5.69. The molecule has 0 bridgehead atoms. The van der Waals surface area contributed by atoms with Gasteiger partial charge in [-0.15, -0.1) is 17.5 Å². The minimum atomic E-state index is -0.339. The number of amides is 1. The molecule has 0 aliphatic heterocycles. The van der Waals surface area contributed by atoms with Gasteiger partial charge in [0.25, 0.3) is 5.91 Å². The van der Waals surface area contributed by atoms with Gasteiger partial charge in [-0.3, -0.25) is 4.79 Å². The lowest BCUT2D eigenvalue weighted by atomic mass is 9.92.